The van der Waals surface area contributed by atoms with Gasteiger partial charge in [0.25, 0.3) is 0 Å². The average molecular weight is 84.0 g/mol. The normalized spacial score (nSPS) is 0. The third-order valence-electron chi connectivity index (χ3n) is 0. The van der Waals surface area contributed by atoms with E-state index in [-0.39, 0.29) is 51.1 Å². The van der Waals surface area contributed by atoms with Crippen molar-refractivity contribution in [3.63, 3.8) is 0 Å². The molecular formula is NNaOP. The van der Waals surface area contributed by atoms with Gasteiger partial charge in [-0.2, -0.15) is 0 Å². The molecule has 0 aliphatic carbocycles. The fourth-order valence-electron chi connectivity index (χ4n) is 0. The van der Waals surface area contributed by atoms with E-state index in [4.69, 9.17) is 0 Å². The zero-order valence-corrected chi connectivity index (χ0v) is 5.20. The minimum Gasteiger partial charge on any atom is 0 e. The monoisotopic (exact) mass is 84.0 g/mol. The van der Waals surface area contributed by atoms with E-state index in [1.165, 1.54) is 0 Å². The Labute approximate surface area is 51.1 Å². The minimum atomic E-state index is 0. The molecular weight excluding hydrogens is 84.0 g/mol. The van der Waals surface area contributed by atoms with Crippen LogP contribution in [0.2, 0.25) is 0 Å². The van der Waals surface area contributed by atoms with Crippen molar-refractivity contribution in [3.8, 4) is 0 Å². The van der Waals surface area contributed by atoms with E-state index in [1.54, 1.807) is 0 Å². The van der Waals surface area contributed by atoms with E-state index in [1.807, 2.05) is 0 Å². The van der Waals surface area contributed by atoms with Crippen LogP contribution in [-0.2, 0) is 5.48 Å². The van der Waals surface area contributed by atoms with E-state index in [9.17, 15) is 0 Å². The molecule has 0 fully saturated rings. The summed E-state index contributed by atoms with van der Waals surface area (Å²) in [6.45, 7) is 0. The van der Waals surface area contributed by atoms with Gasteiger partial charge in [-0.1, -0.05) is 0 Å². The van der Waals surface area contributed by atoms with Crippen LogP contribution in [0.1, 0.15) is 0 Å². The molecule has 0 heterocycles. The molecule has 4 heavy (non-hydrogen) atoms. The molecule has 0 aromatic rings. The van der Waals surface area contributed by atoms with Gasteiger partial charge in [0, 0.05) is 51.1 Å². The summed E-state index contributed by atoms with van der Waals surface area (Å²) in [5.74, 6) is 0. The Balaban J connectivity index is 0. The average Bonchev–Trinajstić information content (AvgIpc) is 0. The van der Waals surface area contributed by atoms with Gasteiger partial charge in [0.2, 0.25) is 0 Å². The Morgan fingerprint density at radius 2 is 1.00 bits per heavy atom. The maximum atomic E-state index is 0. The predicted octanol–water partition coefficient (Wildman–Crippen LogP) is -0.119. The van der Waals surface area contributed by atoms with Gasteiger partial charge < -0.3 is 0 Å². The summed E-state index contributed by atoms with van der Waals surface area (Å²) in [5, 5.41) is 0. The Morgan fingerprint density at radius 3 is 1.00 bits per heavy atom. The molecule has 0 unspecified atom stereocenters. The van der Waals surface area contributed by atoms with Crippen LogP contribution >= 0.6 is 9.90 Å². The molecule has 0 aliphatic rings. The molecule has 2 nitrogen and oxygen atoms in total. The van der Waals surface area contributed by atoms with E-state index < -0.39 is 0 Å². The van der Waals surface area contributed by atoms with Gasteiger partial charge in [0.1, 0.15) is 0 Å². The summed E-state index contributed by atoms with van der Waals surface area (Å²) in [6.07, 6.45) is 0. The number of nitrogens with zero attached hydrogens (tertiary/aromatic N) is 1. The van der Waals surface area contributed by atoms with Crippen LogP contribution in [0.5, 0.6) is 0 Å². The molecule has 0 aliphatic heterocycles. The second-order valence-corrected chi connectivity index (χ2v) is 0. The molecule has 17 valence electrons. The maximum absolute atomic E-state index is 0. The fourth-order valence-corrected chi connectivity index (χ4v) is 0. The van der Waals surface area contributed by atoms with Crippen LogP contribution < -0.4 is 6.15 Å². The van der Waals surface area contributed by atoms with Crippen molar-refractivity contribution in [3.05, 3.63) is 0 Å². The van der Waals surface area contributed by atoms with Crippen molar-refractivity contribution in [1.82, 2.24) is 6.15 Å². The van der Waals surface area contributed by atoms with Gasteiger partial charge in [-0.05, 0) is 0 Å². The van der Waals surface area contributed by atoms with Gasteiger partial charge in [-0.3, -0.25) is 0 Å². The van der Waals surface area contributed by atoms with Crippen molar-refractivity contribution in [2.75, 3.05) is 0 Å². The van der Waals surface area contributed by atoms with Gasteiger partial charge >= 0.3 is 0 Å². The Kier molecular flexibility index (Phi) is 372. The van der Waals surface area contributed by atoms with Crippen LogP contribution in [-0.4, -0.2) is 29.6 Å². The van der Waals surface area contributed by atoms with Crippen molar-refractivity contribution in [1.29, 1.82) is 0 Å². The van der Waals surface area contributed by atoms with E-state index >= 15 is 0 Å². The summed E-state index contributed by atoms with van der Waals surface area (Å²) >= 11 is 0. The predicted molar refractivity (Wildman–Crippen MR) is 15.5 cm³/mol. The first-order valence-corrected chi connectivity index (χ1v) is 0. The van der Waals surface area contributed by atoms with Crippen LogP contribution in [0.3, 0.4) is 0 Å². The molecule has 0 rings (SSSR count). The van der Waals surface area contributed by atoms with Crippen LogP contribution in [0.25, 0.3) is 0 Å². The molecule has 9 radical (unpaired) electrons. The molecule has 0 aromatic carbocycles. The van der Waals surface area contributed by atoms with Gasteiger partial charge in [-0.25, -0.2) is 0 Å². The van der Waals surface area contributed by atoms with E-state index in [2.05, 4.69) is 0 Å². The van der Waals surface area contributed by atoms with E-state index in [0.717, 1.165) is 0 Å². The smallest absolute Gasteiger partial charge is 0 e. The molecule has 0 atom stereocenters. The number of hydrogen-bond acceptors (Lipinski definition) is 0. The summed E-state index contributed by atoms with van der Waals surface area (Å²) in [6, 6.07) is 0. The Morgan fingerprint density at radius 1 is 1.00 bits per heavy atom. The van der Waals surface area contributed by atoms with Crippen molar-refractivity contribution >= 4 is 39.5 Å². The SMILES string of the molecule is [N].[Na].[O].[P]. The molecule has 0 N–H and O–H groups in total. The van der Waals surface area contributed by atoms with Crippen molar-refractivity contribution in [2.24, 2.45) is 0 Å². The van der Waals surface area contributed by atoms with Crippen molar-refractivity contribution in [2.45, 2.75) is 0 Å². The first-order chi connectivity index (χ1) is 0. The Hall–Kier alpha value is 1.35. The second-order valence-electron chi connectivity index (χ2n) is 0. The third kappa shape index (κ3) is 10.2. The zero-order chi connectivity index (χ0) is 0. The van der Waals surface area contributed by atoms with Gasteiger partial charge in [0.15, 0.2) is 0 Å². The summed E-state index contributed by atoms with van der Waals surface area (Å²) < 4.78 is 0. The molecule has 0 amide bonds. The topological polar surface area (TPSA) is 59.0 Å². The van der Waals surface area contributed by atoms with Crippen LogP contribution in [0.4, 0.5) is 0 Å². The molecule has 0 bridgehead atoms. The second kappa shape index (κ2) is 26.8. The molecule has 0 aromatic heterocycles. The summed E-state index contributed by atoms with van der Waals surface area (Å²) in [4.78, 5) is 0. The summed E-state index contributed by atoms with van der Waals surface area (Å²) in [5.41, 5.74) is 0. The fraction of sp³-hybridized carbons (Fsp3) is 0. The largest absolute Gasteiger partial charge is 0 e. The first kappa shape index (κ1) is 55.5. The van der Waals surface area contributed by atoms with Crippen LogP contribution in [0, 0.1) is 0 Å². The number of rotatable bonds is 0. The summed E-state index contributed by atoms with van der Waals surface area (Å²) in [7, 11) is 0. The zero-order valence-electron chi connectivity index (χ0n) is 2.30. The quantitative estimate of drug-likeness (QED) is 0.290. The van der Waals surface area contributed by atoms with Gasteiger partial charge in [-0.15, -0.1) is 0 Å². The van der Waals surface area contributed by atoms with Crippen LogP contribution in [0.15, 0.2) is 0 Å². The third-order valence-corrected chi connectivity index (χ3v) is 0. The minimum absolute atomic E-state index is 0. The molecule has 4 heteroatoms. The molecule has 0 saturated carbocycles. The maximum Gasteiger partial charge on any atom is 0 e. The molecule has 0 saturated heterocycles. The molecule has 0 spiro atoms. The standard InChI is InChI=1S/N.Na.O.P. The van der Waals surface area contributed by atoms with Crippen molar-refractivity contribution < 1.29 is 5.48 Å². The Bertz CT molecular complexity index is 8.00. The number of hydrogen-bond donors (Lipinski definition) is 0. The van der Waals surface area contributed by atoms with E-state index in [0.29, 0.717) is 0 Å². The first-order valence-electron chi connectivity index (χ1n) is 0. The van der Waals surface area contributed by atoms with Gasteiger partial charge in [0.05, 0.1) is 0 Å².